The van der Waals surface area contributed by atoms with E-state index in [1.165, 1.54) is 19.3 Å². The predicted molar refractivity (Wildman–Crippen MR) is 67.2 cm³/mol. The molecule has 1 heterocycles. The van der Waals surface area contributed by atoms with E-state index in [1.54, 1.807) is 0 Å². The summed E-state index contributed by atoms with van der Waals surface area (Å²) in [4.78, 5) is 10.2. The number of piperidine rings is 1. The fourth-order valence-corrected chi connectivity index (χ4v) is 1.87. The van der Waals surface area contributed by atoms with Crippen LogP contribution in [-0.2, 0) is 0 Å². The maximum absolute atomic E-state index is 5.54. The van der Waals surface area contributed by atoms with Gasteiger partial charge in [-0.1, -0.05) is 6.42 Å². The summed E-state index contributed by atoms with van der Waals surface area (Å²) in [5.74, 6) is 0.107. The van der Waals surface area contributed by atoms with Crippen molar-refractivity contribution in [1.82, 2.24) is 4.90 Å². The molecule has 1 fully saturated rings. The highest BCUT2D eigenvalue weighted by atomic mass is 15.2. The Morgan fingerprint density at radius 2 is 1.81 bits per heavy atom. The van der Waals surface area contributed by atoms with Crippen LogP contribution in [0.2, 0.25) is 0 Å². The molecule has 0 saturated carbocycles. The van der Waals surface area contributed by atoms with Gasteiger partial charge in [-0.25, -0.2) is 4.99 Å². The molecule has 0 aromatic rings. The van der Waals surface area contributed by atoms with Crippen LogP contribution in [0.25, 0.3) is 0 Å². The first-order chi connectivity index (χ1) is 7.59. The summed E-state index contributed by atoms with van der Waals surface area (Å²) in [6, 6.07) is 0.396. The molecular formula is C10H22N6. The summed E-state index contributed by atoms with van der Waals surface area (Å²) in [6.07, 6.45) is 3.89. The van der Waals surface area contributed by atoms with Gasteiger partial charge in [-0.3, -0.25) is 4.90 Å². The van der Waals surface area contributed by atoms with Gasteiger partial charge in [0.15, 0.2) is 5.96 Å². The van der Waals surface area contributed by atoms with Crippen LogP contribution in [0.5, 0.6) is 0 Å². The molecule has 1 unspecified atom stereocenters. The van der Waals surface area contributed by atoms with Gasteiger partial charge in [0, 0.05) is 6.04 Å². The SMILES string of the molecule is CC(CN=C(N)N=C(N)N)N1CCCCC1. The van der Waals surface area contributed by atoms with Crippen LogP contribution in [0.15, 0.2) is 9.98 Å². The second-order valence-corrected chi connectivity index (χ2v) is 4.18. The third-order valence-corrected chi connectivity index (χ3v) is 2.78. The third-order valence-electron chi connectivity index (χ3n) is 2.78. The molecule has 0 radical (unpaired) electrons. The molecule has 92 valence electrons. The summed E-state index contributed by atoms with van der Waals surface area (Å²) < 4.78 is 0. The van der Waals surface area contributed by atoms with E-state index in [9.17, 15) is 0 Å². The van der Waals surface area contributed by atoms with Crippen LogP contribution in [0, 0.1) is 0 Å². The first kappa shape index (κ1) is 12.8. The van der Waals surface area contributed by atoms with E-state index in [4.69, 9.17) is 17.2 Å². The molecule has 0 bridgehead atoms. The largest absolute Gasteiger partial charge is 0.370 e. The minimum absolute atomic E-state index is 0.0492. The first-order valence-corrected chi connectivity index (χ1v) is 5.73. The molecule has 6 nitrogen and oxygen atoms in total. The average Bonchev–Trinajstić information content (AvgIpc) is 2.26. The number of nitrogens with two attached hydrogens (primary N) is 3. The fourth-order valence-electron chi connectivity index (χ4n) is 1.87. The van der Waals surface area contributed by atoms with Gasteiger partial charge < -0.3 is 17.2 Å². The van der Waals surface area contributed by atoms with Crippen LogP contribution < -0.4 is 17.2 Å². The van der Waals surface area contributed by atoms with Gasteiger partial charge >= 0.3 is 0 Å². The Labute approximate surface area is 96.6 Å². The zero-order valence-corrected chi connectivity index (χ0v) is 9.89. The Bertz CT molecular complexity index is 262. The second kappa shape index (κ2) is 6.32. The van der Waals surface area contributed by atoms with E-state index in [1.807, 2.05) is 0 Å². The predicted octanol–water partition coefficient (Wildman–Crippen LogP) is -0.551. The van der Waals surface area contributed by atoms with Crippen LogP contribution in [0.3, 0.4) is 0 Å². The van der Waals surface area contributed by atoms with Crippen LogP contribution in [0.1, 0.15) is 26.2 Å². The van der Waals surface area contributed by atoms with Crippen LogP contribution in [-0.4, -0.2) is 42.5 Å². The fraction of sp³-hybridized carbons (Fsp3) is 0.800. The van der Waals surface area contributed by atoms with Crippen molar-refractivity contribution in [2.24, 2.45) is 27.2 Å². The van der Waals surface area contributed by atoms with Crippen molar-refractivity contribution in [2.45, 2.75) is 32.2 Å². The van der Waals surface area contributed by atoms with Crippen molar-refractivity contribution in [2.75, 3.05) is 19.6 Å². The molecule has 0 spiro atoms. The zero-order valence-electron chi connectivity index (χ0n) is 9.89. The Morgan fingerprint density at radius 1 is 1.19 bits per heavy atom. The number of nitrogens with zero attached hydrogens (tertiary/aromatic N) is 3. The summed E-state index contributed by atoms with van der Waals surface area (Å²) >= 11 is 0. The normalized spacial score (nSPS) is 20.4. The number of likely N-dealkylation sites (tertiary alicyclic amines) is 1. The molecule has 0 aromatic heterocycles. The van der Waals surface area contributed by atoms with E-state index in [2.05, 4.69) is 21.8 Å². The van der Waals surface area contributed by atoms with Crippen molar-refractivity contribution in [3.8, 4) is 0 Å². The van der Waals surface area contributed by atoms with E-state index in [0.717, 1.165) is 13.1 Å². The number of aliphatic imine (C=N–C) groups is 2. The van der Waals surface area contributed by atoms with Crippen molar-refractivity contribution in [3.63, 3.8) is 0 Å². The Balaban J connectivity index is 2.38. The maximum atomic E-state index is 5.54. The summed E-state index contributed by atoms with van der Waals surface area (Å²) in [7, 11) is 0. The van der Waals surface area contributed by atoms with Crippen molar-refractivity contribution in [3.05, 3.63) is 0 Å². The smallest absolute Gasteiger partial charge is 0.218 e. The van der Waals surface area contributed by atoms with Crippen LogP contribution >= 0.6 is 0 Å². The van der Waals surface area contributed by atoms with E-state index < -0.39 is 0 Å². The van der Waals surface area contributed by atoms with Crippen LogP contribution in [0.4, 0.5) is 0 Å². The summed E-state index contributed by atoms with van der Waals surface area (Å²) in [5, 5.41) is 0. The number of rotatable bonds is 3. The molecular weight excluding hydrogens is 204 g/mol. The second-order valence-electron chi connectivity index (χ2n) is 4.18. The van der Waals surface area contributed by atoms with Gasteiger partial charge in [-0.15, -0.1) is 0 Å². The molecule has 0 aliphatic carbocycles. The molecule has 0 aromatic carbocycles. The topological polar surface area (TPSA) is 106 Å². The maximum Gasteiger partial charge on any atom is 0.218 e. The van der Waals surface area contributed by atoms with Crippen molar-refractivity contribution < 1.29 is 0 Å². The molecule has 1 aliphatic rings. The lowest BCUT2D eigenvalue weighted by Gasteiger charge is -2.31. The Kier molecular flexibility index (Phi) is 5.04. The molecule has 6 N–H and O–H groups in total. The average molecular weight is 226 g/mol. The summed E-state index contributed by atoms with van der Waals surface area (Å²) in [6.45, 7) is 5.10. The number of hydrogen-bond acceptors (Lipinski definition) is 2. The lowest BCUT2D eigenvalue weighted by atomic mass is 10.1. The highest BCUT2D eigenvalue weighted by molar-refractivity contribution is 5.92. The monoisotopic (exact) mass is 226 g/mol. The molecule has 1 saturated heterocycles. The first-order valence-electron chi connectivity index (χ1n) is 5.73. The van der Waals surface area contributed by atoms with E-state index >= 15 is 0 Å². The number of guanidine groups is 2. The molecule has 0 amide bonds. The summed E-state index contributed by atoms with van der Waals surface area (Å²) in [5.41, 5.74) is 15.9. The minimum Gasteiger partial charge on any atom is -0.370 e. The van der Waals surface area contributed by atoms with Gasteiger partial charge in [0.2, 0.25) is 5.96 Å². The number of hydrogen-bond donors (Lipinski definition) is 3. The molecule has 1 aliphatic heterocycles. The zero-order chi connectivity index (χ0) is 12.0. The minimum atomic E-state index is -0.0492. The Morgan fingerprint density at radius 3 is 2.38 bits per heavy atom. The standard InChI is InChI=1S/C10H22N6/c1-8(16-5-3-2-4-6-16)7-14-10(13)15-9(11)12/h8H,2-7H2,1H3,(H6,11,12,13,14,15). The van der Waals surface area contributed by atoms with Gasteiger partial charge in [0.25, 0.3) is 0 Å². The van der Waals surface area contributed by atoms with E-state index in [0.29, 0.717) is 12.6 Å². The lowest BCUT2D eigenvalue weighted by Crippen LogP contribution is -2.39. The van der Waals surface area contributed by atoms with Crippen molar-refractivity contribution >= 4 is 11.9 Å². The highest BCUT2D eigenvalue weighted by Crippen LogP contribution is 2.11. The molecule has 1 atom stereocenters. The molecule has 6 heteroatoms. The van der Waals surface area contributed by atoms with Gasteiger partial charge in [0.05, 0.1) is 6.54 Å². The van der Waals surface area contributed by atoms with E-state index in [-0.39, 0.29) is 11.9 Å². The molecule has 1 rings (SSSR count). The van der Waals surface area contributed by atoms with Gasteiger partial charge in [-0.05, 0) is 32.9 Å². The lowest BCUT2D eigenvalue weighted by molar-refractivity contribution is 0.178. The molecule has 16 heavy (non-hydrogen) atoms. The van der Waals surface area contributed by atoms with Gasteiger partial charge in [0.1, 0.15) is 0 Å². The Hall–Kier alpha value is -1.30. The quantitative estimate of drug-likeness (QED) is 0.443. The van der Waals surface area contributed by atoms with Crippen molar-refractivity contribution in [1.29, 1.82) is 0 Å². The van der Waals surface area contributed by atoms with Gasteiger partial charge in [-0.2, -0.15) is 4.99 Å². The third kappa shape index (κ3) is 4.48. The highest BCUT2D eigenvalue weighted by Gasteiger charge is 2.15.